The Balaban J connectivity index is 1.93. The topological polar surface area (TPSA) is 75.3 Å². The van der Waals surface area contributed by atoms with Crippen LogP contribution in [0.2, 0.25) is 5.02 Å². The fourth-order valence-electron chi connectivity index (χ4n) is 2.41. The van der Waals surface area contributed by atoms with Gasteiger partial charge in [-0.25, -0.2) is 13.1 Å². The molecule has 0 aliphatic rings. The summed E-state index contributed by atoms with van der Waals surface area (Å²) in [4.78, 5) is 12.4. The SMILES string of the molecule is Cc1c(Cl)cccc1NC(=O)CCc1ccc(S(=O)(=O)NCC(C)C)cc1. The fourth-order valence-corrected chi connectivity index (χ4v) is 3.80. The van der Waals surface area contributed by atoms with Gasteiger partial charge in [0.1, 0.15) is 0 Å². The van der Waals surface area contributed by atoms with Gasteiger partial charge in [0.25, 0.3) is 0 Å². The Morgan fingerprint density at radius 2 is 1.78 bits per heavy atom. The maximum atomic E-state index is 12.2. The lowest BCUT2D eigenvalue weighted by Gasteiger charge is -2.10. The van der Waals surface area contributed by atoms with Crippen molar-refractivity contribution in [3.8, 4) is 0 Å². The Hall–Kier alpha value is -1.89. The van der Waals surface area contributed by atoms with Gasteiger partial charge >= 0.3 is 0 Å². The first-order valence-electron chi connectivity index (χ1n) is 8.82. The molecular weight excluding hydrogens is 384 g/mol. The number of hydrogen-bond acceptors (Lipinski definition) is 3. The van der Waals surface area contributed by atoms with Crippen molar-refractivity contribution in [2.75, 3.05) is 11.9 Å². The zero-order chi connectivity index (χ0) is 20.0. The van der Waals surface area contributed by atoms with Crippen molar-refractivity contribution in [3.05, 3.63) is 58.6 Å². The smallest absolute Gasteiger partial charge is 0.240 e. The lowest BCUT2D eigenvalue weighted by molar-refractivity contribution is -0.116. The number of amides is 1. The van der Waals surface area contributed by atoms with Gasteiger partial charge in [-0.3, -0.25) is 4.79 Å². The van der Waals surface area contributed by atoms with E-state index < -0.39 is 10.0 Å². The molecule has 5 nitrogen and oxygen atoms in total. The molecule has 2 aromatic carbocycles. The monoisotopic (exact) mass is 408 g/mol. The molecule has 0 aliphatic heterocycles. The van der Waals surface area contributed by atoms with Gasteiger partial charge in [0.05, 0.1) is 4.90 Å². The van der Waals surface area contributed by atoms with E-state index in [-0.39, 0.29) is 16.7 Å². The molecule has 0 spiro atoms. The highest BCUT2D eigenvalue weighted by Gasteiger charge is 2.14. The predicted octanol–water partition coefficient (Wildman–Crippen LogP) is 4.15. The first kappa shape index (κ1) is 21.4. The van der Waals surface area contributed by atoms with Crippen LogP contribution in [0.3, 0.4) is 0 Å². The van der Waals surface area contributed by atoms with Crippen LogP contribution in [0.25, 0.3) is 0 Å². The normalized spacial score (nSPS) is 11.6. The zero-order valence-corrected chi connectivity index (χ0v) is 17.3. The van der Waals surface area contributed by atoms with Gasteiger partial charge in [-0.05, 0) is 54.7 Å². The first-order chi connectivity index (χ1) is 12.7. The molecule has 0 saturated heterocycles. The third-order valence-corrected chi connectivity index (χ3v) is 5.95. The van der Waals surface area contributed by atoms with Gasteiger partial charge in [-0.15, -0.1) is 0 Å². The predicted molar refractivity (Wildman–Crippen MR) is 110 cm³/mol. The van der Waals surface area contributed by atoms with E-state index in [1.807, 2.05) is 26.8 Å². The van der Waals surface area contributed by atoms with Crippen molar-refractivity contribution in [1.29, 1.82) is 0 Å². The van der Waals surface area contributed by atoms with E-state index in [2.05, 4.69) is 10.0 Å². The average Bonchev–Trinajstić information content (AvgIpc) is 2.62. The highest BCUT2D eigenvalue weighted by Crippen LogP contribution is 2.23. The van der Waals surface area contributed by atoms with Crippen LogP contribution in [0.15, 0.2) is 47.4 Å². The number of benzene rings is 2. The summed E-state index contributed by atoms with van der Waals surface area (Å²) in [5.41, 5.74) is 2.43. The molecule has 27 heavy (non-hydrogen) atoms. The van der Waals surface area contributed by atoms with Gasteiger partial charge in [0, 0.05) is 23.7 Å². The Kier molecular flexibility index (Phi) is 7.41. The summed E-state index contributed by atoms with van der Waals surface area (Å²) < 4.78 is 27.0. The number of carbonyl (C=O) groups is 1. The van der Waals surface area contributed by atoms with Crippen LogP contribution in [0, 0.1) is 12.8 Å². The maximum Gasteiger partial charge on any atom is 0.240 e. The minimum atomic E-state index is -3.49. The molecule has 0 aromatic heterocycles. The van der Waals surface area contributed by atoms with Crippen LogP contribution in [-0.2, 0) is 21.2 Å². The van der Waals surface area contributed by atoms with Gasteiger partial charge in [-0.1, -0.05) is 43.6 Å². The molecule has 0 radical (unpaired) electrons. The van der Waals surface area contributed by atoms with Crippen LogP contribution in [0.4, 0.5) is 5.69 Å². The van der Waals surface area contributed by atoms with E-state index in [0.717, 1.165) is 11.1 Å². The van der Waals surface area contributed by atoms with Crippen LogP contribution in [-0.4, -0.2) is 20.9 Å². The molecule has 0 unspecified atom stereocenters. The Morgan fingerprint density at radius 3 is 2.41 bits per heavy atom. The summed E-state index contributed by atoms with van der Waals surface area (Å²) in [6, 6.07) is 12.0. The number of anilines is 1. The van der Waals surface area contributed by atoms with E-state index in [0.29, 0.717) is 30.1 Å². The van der Waals surface area contributed by atoms with E-state index in [1.165, 1.54) is 0 Å². The molecule has 0 fully saturated rings. The van der Waals surface area contributed by atoms with Gasteiger partial charge in [0.2, 0.25) is 15.9 Å². The molecule has 0 saturated carbocycles. The summed E-state index contributed by atoms with van der Waals surface area (Å²) in [6.45, 7) is 6.14. The highest BCUT2D eigenvalue weighted by atomic mass is 35.5. The average molecular weight is 409 g/mol. The summed E-state index contributed by atoms with van der Waals surface area (Å²) >= 11 is 6.06. The van der Waals surface area contributed by atoms with Crippen LogP contribution < -0.4 is 10.0 Å². The zero-order valence-electron chi connectivity index (χ0n) is 15.8. The van der Waals surface area contributed by atoms with Gasteiger partial charge in [-0.2, -0.15) is 0 Å². The van der Waals surface area contributed by atoms with Crippen molar-refractivity contribution < 1.29 is 13.2 Å². The van der Waals surface area contributed by atoms with Gasteiger partial charge < -0.3 is 5.32 Å². The summed E-state index contributed by atoms with van der Waals surface area (Å²) in [5, 5.41) is 3.46. The molecule has 1 amide bonds. The first-order valence-corrected chi connectivity index (χ1v) is 10.7. The number of halogens is 1. The largest absolute Gasteiger partial charge is 0.326 e. The minimum Gasteiger partial charge on any atom is -0.326 e. The number of carbonyl (C=O) groups excluding carboxylic acids is 1. The molecule has 0 atom stereocenters. The second-order valence-corrected chi connectivity index (χ2v) is 9.02. The van der Waals surface area contributed by atoms with E-state index >= 15 is 0 Å². The summed E-state index contributed by atoms with van der Waals surface area (Å²) in [5.74, 6) is 0.122. The van der Waals surface area contributed by atoms with Crippen LogP contribution in [0.5, 0.6) is 0 Å². The minimum absolute atomic E-state index is 0.115. The molecule has 2 rings (SSSR count). The maximum absolute atomic E-state index is 12.2. The van der Waals surface area contributed by atoms with E-state index in [1.54, 1.807) is 36.4 Å². The molecule has 0 bridgehead atoms. The van der Waals surface area contributed by atoms with Crippen molar-refractivity contribution in [2.45, 2.75) is 38.5 Å². The summed E-state index contributed by atoms with van der Waals surface area (Å²) in [6.07, 6.45) is 0.814. The second kappa shape index (κ2) is 9.35. The van der Waals surface area contributed by atoms with Crippen molar-refractivity contribution in [1.82, 2.24) is 4.72 Å². The molecular formula is C20H25ClN2O3S. The molecule has 2 N–H and O–H groups in total. The third kappa shape index (κ3) is 6.34. The number of aryl methyl sites for hydroxylation is 1. The quantitative estimate of drug-likeness (QED) is 0.688. The number of rotatable bonds is 8. The number of nitrogens with one attached hydrogen (secondary N) is 2. The molecule has 146 valence electrons. The van der Waals surface area contributed by atoms with E-state index in [4.69, 9.17) is 11.6 Å². The van der Waals surface area contributed by atoms with Crippen LogP contribution in [0.1, 0.15) is 31.4 Å². The van der Waals surface area contributed by atoms with Crippen LogP contribution >= 0.6 is 11.6 Å². The molecule has 0 heterocycles. The lowest BCUT2D eigenvalue weighted by Crippen LogP contribution is -2.27. The number of hydrogen-bond donors (Lipinski definition) is 2. The fraction of sp³-hybridized carbons (Fsp3) is 0.350. The third-order valence-electron chi connectivity index (χ3n) is 4.10. The standard InChI is InChI=1S/C20H25ClN2O3S/c1-14(2)13-22-27(25,26)17-10-7-16(8-11-17)9-12-20(24)23-19-6-4-5-18(21)15(19)3/h4-8,10-11,14,22H,9,12-13H2,1-3H3,(H,23,24). The number of sulfonamides is 1. The molecule has 7 heteroatoms. The van der Waals surface area contributed by atoms with Gasteiger partial charge in [0.15, 0.2) is 0 Å². The summed E-state index contributed by atoms with van der Waals surface area (Å²) in [7, 11) is -3.49. The van der Waals surface area contributed by atoms with Crippen molar-refractivity contribution in [3.63, 3.8) is 0 Å². The van der Waals surface area contributed by atoms with E-state index in [9.17, 15) is 13.2 Å². The second-order valence-electron chi connectivity index (χ2n) is 6.85. The van der Waals surface area contributed by atoms with Crippen molar-refractivity contribution >= 4 is 33.2 Å². The van der Waals surface area contributed by atoms with Crippen molar-refractivity contribution in [2.24, 2.45) is 5.92 Å². The molecule has 2 aromatic rings. The lowest BCUT2D eigenvalue weighted by atomic mass is 10.1. The Morgan fingerprint density at radius 1 is 1.11 bits per heavy atom. The highest BCUT2D eigenvalue weighted by molar-refractivity contribution is 7.89. The Bertz CT molecular complexity index is 894. The Labute approximate surface area is 166 Å². The molecule has 0 aliphatic carbocycles.